The lowest BCUT2D eigenvalue weighted by atomic mass is 10.0. The van der Waals surface area contributed by atoms with Gasteiger partial charge in [0.2, 0.25) is 0 Å². The molecule has 0 amide bonds. The molecular weight excluding hydrogens is 454 g/mol. The van der Waals surface area contributed by atoms with Gasteiger partial charge >= 0.3 is 0 Å². The smallest absolute Gasteiger partial charge is 0.164 e. The topological polar surface area (TPSA) is 51.8 Å². The van der Waals surface area contributed by atoms with Gasteiger partial charge in [0.25, 0.3) is 0 Å². The quantitative estimate of drug-likeness (QED) is 0.254. The van der Waals surface area contributed by atoms with E-state index in [4.69, 9.17) is 26.2 Å². The van der Waals surface area contributed by atoms with Gasteiger partial charge in [-0.3, -0.25) is 0 Å². The van der Waals surface area contributed by atoms with E-state index in [1.165, 1.54) is 0 Å². The van der Waals surface area contributed by atoms with Crippen LogP contribution in [0.5, 0.6) is 0 Å². The molecule has 0 bridgehead atoms. The van der Waals surface area contributed by atoms with Crippen LogP contribution < -0.4 is 0 Å². The van der Waals surface area contributed by atoms with E-state index in [0.29, 0.717) is 34.2 Å². The van der Waals surface area contributed by atoms with Gasteiger partial charge in [-0.25, -0.2) is 15.0 Å². The second-order valence-electron chi connectivity index (χ2n) is 8.53. The van der Waals surface area contributed by atoms with E-state index < -0.39 is 6.04 Å². The highest BCUT2D eigenvalue weighted by atomic mass is 16.3. The van der Waals surface area contributed by atoms with Crippen LogP contribution in [0.3, 0.4) is 0 Å². The molecule has 0 radical (unpaired) electrons. The largest absolute Gasteiger partial charge is 0.456 e. The number of aromatic nitrogens is 3. The molecule has 4 heteroatoms. The normalized spacial score (nSPS) is 13.1. The van der Waals surface area contributed by atoms with Crippen LogP contribution in [-0.2, 0) is 0 Å². The van der Waals surface area contributed by atoms with Gasteiger partial charge in [0.05, 0.1) is 6.85 Å². The Bertz CT molecular complexity index is 2060. The van der Waals surface area contributed by atoms with Crippen LogP contribution in [0.25, 0.3) is 67.2 Å². The Labute approximate surface area is 221 Å². The Hall–Kier alpha value is -5.09. The first-order valence-electron chi connectivity index (χ1n) is 14.3. The molecule has 0 unspecified atom stereocenters. The molecule has 0 fully saturated rings. The molecule has 2 heterocycles. The van der Waals surface area contributed by atoms with Gasteiger partial charge in [0.15, 0.2) is 17.5 Å². The van der Waals surface area contributed by atoms with Gasteiger partial charge in [-0.1, -0.05) is 109 Å². The monoisotopic (exact) mass is 480 g/mol. The molecule has 5 aromatic carbocycles. The maximum atomic E-state index is 8.39. The summed E-state index contributed by atoms with van der Waals surface area (Å²) in [5, 5.41) is 1.60. The highest BCUT2D eigenvalue weighted by Crippen LogP contribution is 2.38. The van der Waals surface area contributed by atoms with Gasteiger partial charge in [-0.05, 0) is 29.3 Å². The third-order valence-electron chi connectivity index (χ3n) is 6.23. The van der Waals surface area contributed by atoms with Crippen molar-refractivity contribution in [1.82, 2.24) is 15.0 Å². The average Bonchev–Trinajstić information content (AvgIpc) is 3.42. The maximum Gasteiger partial charge on any atom is 0.164 e. The minimum Gasteiger partial charge on any atom is -0.456 e. The number of nitrogens with zero attached hydrogens (tertiary/aromatic N) is 3. The first kappa shape index (κ1) is 16.6. The van der Waals surface area contributed by atoms with Crippen molar-refractivity contribution >= 4 is 21.9 Å². The number of rotatable bonds is 4. The molecule has 0 aliphatic carbocycles. The van der Waals surface area contributed by atoms with Gasteiger partial charge in [-0.15, -0.1) is 0 Å². The van der Waals surface area contributed by atoms with Crippen molar-refractivity contribution in [1.29, 1.82) is 0 Å². The Morgan fingerprint density at radius 1 is 0.514 bits per heavy atom. The van der Waals surface area contributed by atoms with Crippen LogP contribution in [0.1, 0.15) is 6.85 Å². The van der Waals surface area contributed by atoms with E-state index in [0.717, 1.165) is 27.5 Å². The lowest BCUT2D eigenvalue weighted by Gasteiger charge is -2.09. The van der Waals surface area contributed by atoms with Crippen molar-refractivity contribution in [3.63, 3.8) is 0 Å². The summed E-state index contributed by atoms with van der Waals surface area (Å²) in [5.41, 5.74) is 4.22. The molecule has 0 aliphatic rings. The number of benzene rings is 5. The van der Waals surface area contributed by atoms with Gasteiger partial charge in [-0.2, -0.15) is 0 Å². The number of hydrogen-bond donors (Lipinski definition) is 0. The minimum absolute atomic E-state index is 0.126. The van der Waals surface area contributed by atoms with Crippen LogP contribution in [0.15, 0.2) is 132 Å². The van der Waals surface area contributed by atoms with Crippen molar-refractivity contribution in [2.24, 2.45) is 0 Å². The van der Waals surface area contributed by atoms with Crippen molar-refractivity contribution < 1.29 is 11.3 Å². The second kappa shape index (κ2) is 8.85. The van der Waals surface area contributed by atoms with Gasteiger partial charge < -0.3 is 4.42 Å². The molecular formula is C33H21N3O. The molecule has 0 saturated carbocycles. The minimum atomic E-state index is -0.426. The molecule has 174 valence electrons. The molecule has 0 saturated heterocycles. The SMILES string of the molecule is [2H]c1c([2H])c([2H])c(-c2ccc3c(c2)oc2cccc(-c4nc(-c5ccccc5)nc(-c5ccccc5)n4)c23)c([2H])c1[2H]. The summed E-state index contributed by atoms with van der Waals surface area (Å²) in [7, 11) is 0. The zero-order chi connectivity index (χ0) is 29.0. The van der Waals surface area contributed by atoms with E-state index in [1.807, 2.05) is 84.9 Å². The Kier molecular flexibility index (Phi) is 3.96. The Balaban J connectivity index is 1.45. The fourth-order valence-corrected chi connectivity index (χ4v) is 4.49. The summed E-state index contributed by atoms with van der Waals surface area (Å²) in [6.07, 6.45) is 0. The maximum absolute atomic E-state index is 8.39. The molecule has 4 nitrogen and oxygen atoms in total. The van der Waals surface area contributed by atoms with E-state index in [2.05, 4.69) is 0 Å². The van der Waals surface area contributed by atoms with Crippen LogP contribution in [-0.4, -0.2) is 15.0 Å². The molecule has 0 N–H and O–H groups in total. The first-order chi connectivity index (χ1) is 20.4. The second-order valence-corrected chi connectivity index (χ2v) is 8.53. The molecule has 0 spiro atoms. The number of hydrogen-bond acceptors (Lipinski definition) is 4. The Morgan fingerprint density at radius 2 is 1.16 bits per heavy atom. The van der Waals surface area contributed by atoms with Crippen molar-refractivity contribution in [2.75, 3.05) is 0 Å². The zero-order valence-corrected chi connectivity index (χ0v) is 19.5. The summed E-state index contributed by atoms with van der Waals surface area (Å²) < 4.78 is 47.1. The molecule has 0 aliphatic heterocycles. The van der Waals surface area contributed by atoms with Crippen LogP contribution in [0, 0.1) is 0 Å². The summed E-state index contributed by atoms with van der Waals surface area (Å²) >= 11 is 0. The van der Waals surface area contributed by atoms with Gasteiger partial charge in [0.1, 0.15) is 11.2 Å². The summed E-state index contributed by atoms with van der Waals surface area (Å²) in [4.78, 5) is 14.5. The van der Waals surface area contributed by atoms with E-state index >= 15 is 0 Å². The third kappa shape index (κ3) is 3.85. The highest BCUT2D eigenvalue weighted by molar-refractivity contribution is 6.12. The predicted molar refractivity (Wildman–Crippen MR) is 149 cm³/mol. The standard InChI is InChI=1S/C33H21N3O/c1-4-11-22(12-5-1)25-19-20-26-29(21-25)37-28-18-10-17-27(30(26)28)33-35-31(23-13-6-2-7-14-23)34-32(36-33)24-15-8-3-9-16-24/h1-21H/i1D,4D,5D,11D,12D. The van der Waals surface area contributed by atoms with Gasteiger partial charge in [0, 0.05) is 27.5 Å². The fourth-order valence-electron chi connectivity index (χ4n) is 4.49. The fraction of sp³-hybridized carbons (Fsp3) is 0. The average molecular weight is 481 g/mol. The van der Waals surface area contributed by atoms with Crippen LogP contribution in [0.4, 0.5) is 0 Å². The summed E-state index contributed by atoms with van der Waals surface area (Å²) in [6, 6.07) is 28.8. The summed E-state index contributed by atoms with van der Waals surface area (Å²) in [5.74, 6) is 1.59. The first-order valence-corrected chi connectivity index (χ1v) is 11.8. The zero-order valence-electron chi connectivity index (χ0n) is 24.5. The molecule has 2 aromatic heterocycles. The Morgan fingerprint density at radius 3 is 1.84 bits per heavy atom. The predicted octanol–water partition coefficient (Wildman–Crippen LogP) is 8.44. The lowest BCUT2D eigenvalue weighted by Crippen LogP contribution is -2.00. The molecule has 7 aromatic rings. The van der Waals surface area contributed by atoms with E-state index in [9.17, 15) is 0 Å². The lowest BCUT2D eigenvalue weighted by molar-refractivity contribution is 0.669. The van der Waals surface area contributed by atoms with E-state index in [1.54, 1.807) is 12.1 Å². The van der Waals surface area contributed by atoms with Crippen molar-refractivity contribution in [3.05, 3.63) is 127 Å². The molecule has 37 heavy (non-hydrogen) atoms. The third-order valence-corrected chi connectivity index (χ3v) is 6.23. The van der Waals surface area contributed by atoms with Crippen molar-refractivity contribution in [3.8, 4) is 45.3 Å². The van der Waals surface area contributed by atoms with E-state index in [-0.39, 0.29) is 29.7 Å². The van der Waals surface area contributed by atoms with Crippen LogP contribution in [0.2, 0.25) is 0 Å². The number of fused-ring (bicyclic) bond motifs is 3. The number of furan rings is 1. The molecule has 0 atom stereocenters. The van der Waals surface area contributed by atoms with Crippen molar-refractivity contribution in [2.45, 2.75) is 0 Å². The highest BCUT2D eigenvalue weighted by Gasteiger charge is 2.18. The summed E-state index contributed by atoms with van der Waals surface area (Å²) in [6.45, 7) is 0. The molecule has 7 rings (SSSR count). The van der Waals surface area contributed by atoms with Crippen LogP contribution >= 0.6 is 0 Å².